The van der Waals surface area contributed by atoms with Crippen molar-refractivity contribution < 1.29 is 19.0 Å². The first-order chi connectivity index (χ1) is 16.5. The van der Waals surface area contributed by atoms with Gasteiger partial charge in [-0.2, -0.15) is 0 Å². The quantitative estimate of drug-likeness (QED) is 0.442. The van der Waals surface area contributed by atoms with E-state index in [0.717, 1.165) is 53.3 Å². The number of nitrogens with zero attached hydrogens (tertiary/aromatic N) is 1. The molecule has 1 amide bonds. The minimum Gasteiger partial charge on any atom is -0.497 e. The lowest BCUT2D eigenvalue weighted by molar-refractivity contribution is -0.120. The molecule has 5 heteroatoms. The number of ether oxygens (including phenoxy) is 3. The number of aryl methyl sites for hydroxylation is 1. The summed E-state index contributed by atoms with van der Waals surface area (Å²) in [5.74, 6) is 2.56. The van der Waals surface area contributed by atoms with Crippen LogP contribution in [0, 0.1) is 0 Å². The highest BCUT2D eigenvalue weighted by Crippen LogP contribution is 2.39. The predicted molar refractivity (Wildman–Crippen MR) is 133 cm³/mol. The van der Waals surface area contributed by atoms with E-state index < -0.39 is 0 Å². The maximum absolute atomic E-state index is 14.2. The first-order valence-electron chi connectivity index (χ1n) is 12.0. The molecule has 176 valence electrons. The topological polar surface area (TPSA) is 48.0 Å². The lowest BCUT2D eigenvalue weighted by atomic mass is 9.81. The van der Waals surface area contributed by atoms with Crippen molar-refractivity contribution in [2.75, 3.05) is 18.8 Å². The molecule has 3 aromatic carbocycles. The zero-order chi connectivity index (χ0) is 23.7. The molecule has 1 heterocycles. The molecule has 0 fully saturated rings. The molecule has 5 rings (SSSR count). The van der Waals surface area contributed by atoms with E-state index in [2.05, 4.69) is 44.2 Å². The first kappa shape index (κ1) is 22.3. The number of anilines is 1. The second-order valence-corrected chi connectivity index (χ2v) is 9.33. The highest BCUT2D eigenvalue weighted by Gasteiger charge is 2.32. The van der Waals surface area contributed by atoms with Crippen LogP contribution >= 0.6 is 0 Å². The minimum atomic E-state index is -0.211. The van der Waals surface area contributed by atoms with Crippen molar-refractivity contribution in [1.82, 2.24) is 0 Å². The van der Waals surface area contributed by atoms with Crippen LogP contribution in [-0.2, 0) is 17.8 Å². The van der Waals surface area contributed by atoms with Crippen molar-refractivity contribution in [3.05, 3.63) is 82.9 Å². The van der Waals surface area contributed by atoms with Crippen molar-refractivity contribution in [2.45, 2.75) is 51.5 Å². The van der Waals surface area contributed by atoms with Crippen LogP contribution in [0.25, 0.3) is 0 Å². The molecule has 0 saturated heterocycles. The van der Waals surface area contributed by atoms with E-state index in [4.69, 9.17) is 14.2 Å². The zero-order valence-electron chi connectivity index (χ0n) is 20.0. The van der Waals surface area contributed by atoms with Gasteiger partial charge in [-0.05, 0) is 72.2 Å². The molecular weight excluding hydrogens is 426 g/mol. The van der Waals surface area contributed by atoms with Crippen molar-refractivity contribution >= 4 is 11.6 Å². The minimum absolute atomic E-state index is 0.100. The summed E-state index contributed by atoms with van der Waals surface area (Å²) in [4.78, 5) is 16.1. The molecule has 0 N–H and O–H groups in total. The molecule has 34 heavy (non-hydrogen) atoms. The van der Waals surface area contributed by atoms with E-state index in [1.807, 2.05) is 35.2 Å². The highest BCUT2D eigenvalue weighted by molar-refractivity contribution is 5.98. The second kappa shape index (κ2) is 9.41. The van der Waals surface area contributed by atoms with Crippen LogP contribution in [0.5, 0.6) is 17.2 Å². The molecule has 1 unspecified atom stereocenters. The number of carbonyl (C=O) groups is 1. The first-order valence-corrected chi connectivity index (χ1v) is 12.0. The van der Waals surface area contributed by atoms with Gasteiger partial charge in [0.25, 0.3) is 0 Å². The van der Waals surface area contributed by atoms with Crippen molar-refractivity contribution in [2.24, 2.45) is 0 Å². The van der Waals surface area contributed by atoms with Gasteiger partial charge in [0.2, 0.25) is 12.7 Å². The number of fused-ring (bicyclic) bond motifs is 2. The Kier molecular flexibility index (Phi) is 6.18. The fraction of sp³-hybridized carbons (Fsp3) is 0.345. The van der Waals surface area contributed by atoms with Crippen LogP contribution in [0.15, 0.2) is 60.7 Å². The fourth-order valence-corrected chi connectivity index (χ4v) is 4.97. The Morgan fingerprint density at radius 2 is 1.91 bits per heavy atom. The van der Waals surface area contributed by atoms with Gasteiger partial charge in [-0.15, -0.1) is 0 Å². The summed E-state index contributed by atoms with van der Waals surface area (Å²) in [6, 6.07) is 20.3. The van der Waals surface area contributed by atoms with Crippen molar-refractivity contribution in [1.29, 1.82) is 0 Å². The Hall–Kier alpha value is -3.47. The number of carbonyl (C=O) groups excluding carboxylic acids is 1. The molecule has 0 saturated carbocycles. The maximum Gasteiger partial charge on any atom is 0.234 e. The number of benzene rings is 3. The largest absolute Gasteiger partial charge is 0.497 e. The van der Waals surface area contributed by atoms with Crippen molar-refractivity contribution in [3.8, 4) is 17.2 Å². The van der Waals surface area contributed by atoms with Crippen LogP contribution in [0.1, 0.15) is 60.8 Å². The Morgan fingerprint density at radius 3 is 2.68 bits per heavy atom. The summed E-state index contributed by atoms with van der Waals surface area (Å²) >= 11 is 0. The van der Waals surface area contributed by atoms with Gasteiger partial charge in [0.05, 0.1) is 19.6 Å². The summed E-state index contributed by atoms with van der Waals surface area (Å²) in [7, 11) is 1.67. The average molecular weight is 458 g/mol. The van der Waals surface area contributed by atoms with Gasteiger partial charge in [-0.1, -0.05) is 44.2 Å². The molecule has 3 aromatic rings. The normalized spacial score (nSPS) is 16.3. The van der Waals surface area contributed by atoms with Crippen LogP contribution in [-0.4, -0.2) is 19.8 Å². The smallest absolute Gasteiger partial charge is 0.234 e. The molecule has 1 aliphatic carbocycles. The number of hydrogen-bond donors (Lipinski definition) is 0. The van der Waals surface area contributed by atoms with E-state index in [1.165, 1.54) is 11.1 Å². The molecule has 0 radical (unpaired) electrons. The van der Waals surface area contributed by atoms with E-state index in [0.29, 0.717) is 12.5 Å². The lowest BCUT2D eigenvalue weighted by Crippen LogP contribution is -2.36. The van der Waals surface area contributed by atoms with Gasteiger partial charge in [-0.3, -0.25) is 4.79 Å². The third kappa shape index (κ3) is 4.23. The summed E-state index contributed by atoms with van der Waals surface area (Å²) in [5.41, 5.74) is 5.40. The monoisotopic (exact) mass is 457 g/mol. The van der Waals surface area contributed by atoms with Crippen molar-refractivity contribution in [3.63, 3.8) is 0 Å². The summed E-state index contributed by atoms with van der Waals surface area (Å²) in [6.07, 6.45) is 2.81. The number of rotatable bonds is 6. The van der Waals surface area contributed by atoms with Gasteiger partial charge in [0, 0.05) is 11.3 Å². The molecular formula is C29H31NO4. The predicted octanol–water partition coefficient (Wildman–Crippen LogP) is 6.20. The third-order valence-corrected chi connectivity index (χ3v) is 6.91. The summed E-state index contributed by atoms with van der Waals surface area (Å²) < 4.78 is 16.8. The summed E-state index contributed by atoms with van der Waals surface area (Å²) in [6.45, 7) is 4.98. The Morgan fingerprint density at radius 1 is 1.09 bits per heavy atom. The molecule has 0 aromatic heterocycles. The summed E-state index contributed by atoms with van der Waals surface area (Å²) in [5, 5.41) is 0. The SMILES string of the molecule is COc1ccc2c(c1)C(C(=O)N(Cc1cccc3c1OCO3)c1ccc(C(C)C)cc1)CCC2. The average Bonchev–Trinajstić information content (AvgIpc) is 3.36. The number of amides is 1. The second-order valence-electron chi connectivity index (χ2n) is 9.33. The van der Waals surface area contributed by atoms with Gasteiger partial charge in [-0.25, -0.2) is 0 Å². The van der Waals surface area contributed by atoms with Gasteiger partial charge in [0.1, 0.15) is 5.75 Å². The maximum atomic E-state index is 14.2. The van der Waals surface area contributed by atoms with Crippen LogP contribution < -0.4 is 19.1 Å². The van der Waals surface area contributed by atoms with Gasteiger partial charge >= 0.3 is 0 Å². The van der Waals surface area contributed by atoms with Crippen LogP contribution in [0.2, 0.25) is 0 Å². The highest BCUT2D eigenvalue weighted by atomic mass is 16.7. The molecule has 1 atom stereocenters. The Bertz CT molecular complexity index is 1190. The number of hydrogen-bond acceptors (Lipinski definition) is 4. The van der Waals surface area contributed by atoms with Crippen LogP contribution in [0.3, 0.4) is 0 Å². The molecule has 0 bridgehead atoms. The Labute approximate surface area is 201 Å². The number of methoxy groups -OCH3 is 1. The molecule has 2 aliphatic rings. The lowest BCUT2D eigenvalue weighted by Gasteiger charge is -2.31. The fourth-order valence-electron chi connectivity index (χ4n) is 4.97. The Balaban J connectivity index is 1.54. The van der Waals surface area contributed by atoms with E-state index >= 15 is 0 Å². The standard InChI is InChI=1S/C29H31NO4/c1-19(2)20-10-13-23(14-11-20)30(17-22-7-5-9-27-28(22)34-18-33-27)29(31)25-8-4-6-21-12-15-24(32-3)16-26(21)25/h5,7,9-16,19,25H,4,6,8,17-18H2,1-3H3. The van der Waals surface area contributed by atoms with Crippen LogP contribution in [0.4, 0.5) is 5.69 Å². The van der Waals surface area contributed by atoms with Gasteiger partial charge in [0.15, 0.2) is 11.5 Å². The van der Waals surface area contributed by atoms with E-state index in [9.17, 15) is 4.79 Å². The molecule has 5 nitrogen and oxygen atoms in total. The molecule has 0 spiro atoms. The molecule has 1 aliphatic heterocycles. The van der Waals surface area contributed by atoms with E-state index in [-0.39, 0.29) is 18.6 Å². The van der Waals surface area contributed by atoms with Gasteiger partial charge < -0.3 is 19.1 Å². The third-order valence-electron chi connectivity index (χ3n) is 6.91. The van der Waals surface area contributed by atoms with E-state index in [1.54, 1.807) is 7.11 Å². The zero-order valence-corrected chi connectivity index (χ0v) is 20.0. The number of para-hydroxylation sites is 1.